The van der Waals surface area contributed by atoms with E-state index in [1.54, 1.807) is 12.1 Å². The van der Waals surface area contributed by atoms with E-state index in [-0.39, 0.29) is 5.91 Å². The Morgan fingerprint density at radius 3 is 2.32 bits per heavy atom. The zero-order valence-corrected chi connectivity index (χ0v) is 18.8. The summed E-state index contributed by atoms with van der Waals surface area (Å²) in [6.07, 6.45) is 0.645. The average Bonchev–Trinajstić information content (AvgIpc) is 2.75. The van der Waals surface area contributed by atoms with Crippen molar-refractivity contribution in [3.63, 3.8) is 0 Å². The van der Waals surface area contributed by atoms with Crippen LogP contribution in [0.2, 0.25) is 0 Å². The molecule has 160 valence electrons. The number of amides is 1. The molecule has 4 rings (SSSR count). The number of hydrogen-bond acceptors (Lipinski definition) is 3. The number of fused-ring (bicyclic) bond motifs is 1. The maximum absolute atomic E-state index is 13.1. The van der Waals surface area contributed by atoms with Gasteiger partial charge >= 0.3 is 0 Å². The van der Waals surface area contributed by atoms with Gasteiger partial charge in [0.15, 0.2) is 0 Å². The van der Waals surface area contributed by atoms with Gasteiger partial charge in [-0.3, -0.25) is 4.79 Å². The maximum atomic E-state index is 13.1. The first-order chi connectivity index (χ1) is 14.7. The van der Waals surface area contributed by atoms with E-state index >= 15 is 0 Å². The second kappa shape index (κ2) is 8.29. The number of aryl methyl sites for hydroxylation is 3. The van der Waals surface area contributed by atoms with E-state index in [0.29, 0.717) is 35.7 Å². The molecule has 1 amide bonds. The third-order valence-electron chi connectivity index (χ3n) is 5.87. The van der Waals surface area contributed by atoms with Crippen LogP contribution in [0.5, 0.6) is 0 Å². The number of sulfonamides is 1. The van der Waals surface area contributed by atoms with Crippen molar-refractivity contribution in [3.05, 3.63) is 94.0 Å². The summed E-state index contributed by atoms with van der Waals surface area (Å²) in [5.74, 6) is -0.178. The Kier molecular flexibility index (Phi) is 5.69. The van der Waals surface area contributed by atoms with Crippen molar-refractivity contribution >= 4 is 21.6 Å². The van der Waals surface area contributed by atoms with Gasteiger partial charge in [0.1, 0.15) is 0 Å². The van der Waals surface area contributed by atoms with Crippen LogP contribution in [-0.4, -0.2) is 25.2 Å². The van der Waals surface area contributed by atoms with Crippen LogP contribution >= 0.6 is 0 Å². The number of benzene rings is 3. The average molecular weight is 435 g/mol. The molecule has 1 aliphatic rings. The fourth-order valence-electron chi connectivity index (χ4n) is 3.76. The molecule has 0 fully saturated rings. The third kappa shape index (κ3) is 4.40. The van der Waals surface area contributed by atoms with Crippen LogP contribution < -0.4 is 5.32 Å². The van der Waals surface area contributed by atoms with E-state index in [1.807, 2.05) is 69.3 Å². The van der Waals surface area contributed by atoms with Gasteiger partial charge < -0.3 is 5.32 Å². The molecule has 1 heterocycles. The van der Waals surface area contributed by atoms with Gasteiger partial charge in [-0.1, -0.05) is 29.8 Å². The van der Waals surface area contributed by atoms with Crippen LogP contribution in [0.25, 0.3) is 0 Å². The van der Waals surface area contributed by atoms with E-state index in [2.05, 4.69) is 5.32 Å². The lowest BCUT2D eigenvalue weighted by Gasteiger charge is -2.28. The van der Waals surface area contributed by atoms with Crippen LogP contribution in [-0.2, 0) is 23.0 Å². The van der Waals surface area contributed by atoms with Crippen molar-refractivity contribution in [3.8, 4) is 0 Å². The molecule has 1 aliphatic heterocycles. The Labute approximate surface area is 183 Å². The van der Waals surface area contributed by atoms with E-state index in [1.165, 1.54) is 4.31 Å². The Morgan fingerprint density at radius 1 is 0.871 bits per heavy atom. The molecule has 31 heavy (non-hydrogen) atoms. The van der Waals surface area contributed by atoms with Crippen molar-refractivity contribution in [1.29, 1.82) is 0 Å². The number of anilines is 1. The fourth-order valence-corrected chi connectivity index (χ4v) is 5.18. The molecule has 0 atom stereocenters. The minimum atomic E-state index is -3.56. The Hall–Kier alpha value is -2.96. The molecule has 0 saturated heterocycles. The molecule has 0 saturated carbocycles. The molecule has 0 unspecified atom stereocenters. The van der Waals surface area contributed by atoms with Gasteiger partial charge in [0.2, 0.25) is 10.0 Å². The standard InChI is InChI=1S/C25H26N2O3S/c1-17-4-10-24(11-5-17)31(29,30)27-13-12-20-8-9-23(15-22(20)16-27)26-25(28)21-7-6-18(2)19(3)14-21/h4-11,14-15H,12-13,16H2,1-3H3,(H,26,28). The summed E-state index contributed by atoms with van der Waals surface area (Å²) in [4.78, 5) is 13.0. The first-order valence-electron chi connectivity index (χ1n) is 10.3. The number of carbonyl (C=O) groups is 1. The van der Waals surface area contributed by atoms with Crippen LogP contribution in [0, 0.1) is 20.8 Å². The van der Waals surface area contributed by atoms with Gasteiger partial charge in [-0.15, -0.1) is 0 Å². The predicted molar refractivity (Wildman–Crippen MR) is 123 cm³/mol. The highest BCUT2D eigenvalue weighted by Crippen LogP contribution is 2.27. The molecule has 3 aromatic carbocycles. The topological polar surface area (TPSA) is 66.5 Å². The van der Waals surface area contributed by atoms with Gasteiger partial charge in [0, 0.05) is 24.3 Å². The molecule has 0 bridgehead atoms. The summed E-state index contributed by atoms with van der Waals surface area (Å²) in [7, 11) is -3.56. The normalized spacial score (nSPS) is 14.2. The number of carbonyl (C=O) groups excluding carboxylic acids is 1. The fraction of sp³-hybridized carbons (Fsp3) is 0.240. The minimum Gasteiger partial charge on any atom is -0.322 e. The zero-order valence-electron chi connectivity index (χ0n) is 18.0. The molecule has 5 nitrogen and oxygen atoms in total. The van der Waals surface area contributed by atoms with Crippen LogP contribution in [0.3, 0.4) is 0 Å². The highest BCUT2D eigenvalue weighted by Gasteiger charge is 2.28. The molecule has 0 aliphatic carbocycles. The Bertz CT molecular complexity index is 1250. The lowest BCUT2D eigenvalue weighted by molar-refractivity contribution is 0.102. The van der Waals surface area contributed by atoms with Crippen LogP contribution in [0.4, 0.5) is 5.69 Å². The van der Waals surface area contributed by atoms with E-state index < -0.39 is 10.0 Å². The van der Waals surface area contributed by atoms with Gasteiger partial charge in [-0.25, -0.2) is 8.42 Å². The zero-order chi connectivity index (χ0) is 22.2. The second-order valence-electron chi connectivity index (χ2n) is 8.14. The minimum absolute atomic E-state index is 0.178. The second-order valence-corrected chi connectivity index (χ2v) is 10.1. The Morgan fingerprint density at radius 2 is 1.61 bits per heavy atom. The smallest absolute Gasteiger partial charge is 0.255 e. The monoisotopic (exact) mass is 434 g/mol. The van der Waals surface area contributed by atoms with Crippen LogP contribution in [0.15, 0.2) is 65.6 Å². The van der Waals surface area contributed by atoms with Crippen molar-refractivity contribution in [2.24, 2.45) is 0 Å². The molecule has 1 N–H and O–H groups in total. The maximum Gasteiger partial charge on any atom is 0.255 e. The molecule has 0 aromatic heterocycles. The number of hydrogen-bond donors (Lipinski definition) is 1. The van der Waals surface area contributed by atoms with E-state index in [0.717, 1.165) is 27.8 Å². The SMILES string of the molecule is Cc1ccc(S(=O)(=O)N2CCc3ccc(NC(=O)c4ccc(C)c(C)c4)cc3C2)cc1. The number of nitrogens with one attached hydrogen (secondary N) is 1. The third-order valence-corrected chi connectivity index (χ3v) is 7.73. The lowest BCUT2D eigenvalue weighted by atomic mass is 10.0. The highest BCUT2D eigenvalue weighted by atomic mass is 32.2. The van der Waals surface area contributed by atoms with Gasteiger partial charge in [0.05, 0.1) is 4.90 Å². The summed E-state index contributed by atoms with van der Waals surface area (Å²) >= 11 is 0. The van der Waals surface area contributed by atoms with Gasteiger partial charge in [-0.2, -0.15) is 4.31 Å². The summed E-state index contributed by atoms with van der Waals surface area (Å²) in [5, 5.41) is 2.94. The van der Waals surface area contributed by atoms with Crippen LogP contribution in [0.1, 0.15) is 38.2 Å². The molecule has 6 heteroatoms. The summed E-state index contributed by atoms with van der Waals surface area (Å²) < 4.78 is 27.7. The predicted octanol–water partition coefficient (Wildman–Crippen LogP) is 4.61. The summed E-state index contributed by atoms with van der Waals surface area (Å²) in [5.41, 5.74) is 6.52. The molecular weight excluding hydrogens is 408 g/mol. The van der Waals surface area contributed by atoms with Crippen molar-refractivity contribution in [2.45, 2.75) is 38.6 Å². The molecular formula is C25H26N2O3S. The molecule has 0 radical (unpaired) electrons. The molecule has 0 spiro atoms. The van der Waals surface area contributed by atoms with Gasteiger partial charge in [0.25, 0.3) is 5.91 Å². The quantitative estimate of drug-likeness (QED) is 0.652. The Balaban J connectivity index is 1.54. The number of nitrogens with zero attached hydrogens (tertiary/aromatic N) is 1. The van der Waals surface area contributed by atoms with E-state index in [4.69, 9.17) is 0 Å². The number of rotatable bonds is 4. The van der Waals surface area contributed by atoms with Crippen molar-refractivity contribution < 1.29 is 13.2 Å². The first kappa shape index (κ1) is 21.3. The van der Waals surface area contributed by atoms with Crippen molar-refractivity contribution in [1.82, 2.24) is 4.31 Å². The highest BCUT2D eigenvalue weighted by molar-refractivity contribution is 7.89. The lowest BCUT2D eigenvalue weighted by Crippen LogP contribution is -2.36. The molecule has 3 aromatic rings. The van der Waals surface area contributed by atoms with E-state index in [9.17, 15) is 13.2 Å². The first-order valence-corrected chi connectivity index (χ1v) is 11.8. The van der Waals surface area contributed by atoms with Crippen molar-refractivity contribution in [2.75, 3.05) is 11.9 Å². The summed E-state index contributed by atoms with van der Waals surface area (Å²) in [6.45, 7) is 6.66. The largest absolute Gasteiger partial charge is 0.322 e. The van der Waals surface area contributed by atoms with Gasteiger partial charge in [-0.05, 0) is 85.8 Å². The summed E-state index contributed by atoms with van der Waals surface area (Å²) in [6, 6.07) is 18.3.